The quantitative estimate of drug-likeness (QED) is 0.718. The van der Waals surface area contributed by atoms with Crippen LogP contribution >= 0.6 is 0 Å². The number of aryl methyl sites for hydroxylation is 1. The molecular formula is C21H24N4O2. The van der Waals surface area contributed by atoms with E-state index >= 15 is 0 Å². The fourth-order valence-corrected chi connectivity index (χ4v) is 3.66. The third kappa shape index (κ3) is 3.27. The van der Waals surface area contributed by atoms with Crippen LogP contribution in [0.5, 0.6) is 0 Å². The second-order valence-corrected chi connectivity index (χ2v) is 7.45. The van der Waals surface area contributed by atoms with Crippen LogP contribution in [0, 0.1) is 12.8 Å². The van der Waals surface area contributed by atoms with Gasteiger partial charge in [-0.25, -0.2) is 14.3 Å². The second kappa shape index (κ2) is 7.02. The highest BCUT2D eigenvalue weighted by atomic mass is 16.2. The van der Waals surface area contributed by atoms with Crippen molar-refractivity contribution < 1.29 is 4.79 Å². The molecule has 0 spiro atoms. The maximum absolute atomic E-state index is 13.2. The number of benzene rings is 1. The highest BCUT2D eigenvalue weighted by molar-refractivity contribution is 5.80. The van der Waals surface area contributed by atoms with Crippen molar-refractivity contribution in [1.29, 1.82) is 0 Å². The lowest BCUT2D eigenvalue weighted by Crippen LogP contribution is -2.41. The molecule has 6 nitrogen and oxygen atoms in total. The van der Waals surface area contributed by atoms with Gasteiger partial charge in [-0.1, -0.05) is 24.6 Å². The van der Waals surface area contributed by atoms with Crippen LogP contribution in [-0.2, 0) is 11.3 Å². The number of rotatable bonds is 3. The van der Waals surface area contributed by atoms with Crippen molar-refractivity contribution in [2.45, 2.75) is 33.2 Å². The Morgan fingerprint density at radius 2 is 1.85 bits per heavy atom. The first-order valence-electron chi connectivity index (χ1n) is 9.45. The van der Waals surface area contributed by atoms with Gasteiger partial charge in [0.15, 0.2) is 5.65 Å². The fraction of sp³-hybridized carbons (Fsp3) is 0.381. The van der Waals surface area contributed by atoms with Gasteiger partial charge in [0, 0.05) is 19.3 Å². The van der Waals surface area contributed by atoms with E-state index in [1.54, 1.807) is 21.4 Å². The number of nitrogens with zero attached hydrogens (tertiary/aromatic N) is 4. The summed E-state index contributed by atoms with van der Waals surface area (Å²) in [6.45, 7) is 5.81. The first-order chi connectivity index (χ1) is 13.0. The fourth-order valence-electron chi connectivity index (χ4n) is 3.66. The number of carbonyl (C=O) groups excluding carboxylic acids is 1. The van der Waals surface area contributed by atoms with Crippen molar-refractivity contribution in [1.82, 2.24) is 19.0 Å². The summed E-state index contributed by atoms with van der Waals surface area (Å²) in [6.07, 6.45) is 3.71. The van der Waals surface area contributed by atoms with Gasteiger partial charge < -0.3 is 4.90 Å². The molecule has 140 valence electrons. The molecular weight excluding hydrogens is 340 g/mol. The predicted molar refractivity (Wildman–Crippen MR) is 105 cm³/mol. The third-order valence-electron chi connectivity index (χ3n) is 5.41. The number of carbonyl (C=O) groups is 1. The third-order valence-corrected chi connectivity index (χ3v) is 5.41. The molecule has 3 aromatic rings. The number of pyridine rings is 1. The van der Waals surface area contributed by atoms with Gasteiger partial charge in [-0.3, -0.25) is 9.36 Å². The minimum absolute atomic E-state index is 0.00388. The van der Waals surface area contributed by atoms with Crippen molar-refractivity contribution >= 4 is 17.1 Å². The van der Waals surface area contributed by atoms with Crippen molar-refractivity contribution in [2.24, 2.45) is 5.92 Å². The molecule has 27 heavy (non-hydrogen) atoms. The number of hydrogen-bond acceptors (Lipinski definition) is 3. The summed E-state index contributed by atoms with van der Waals surface area (Å²) in [6, 6.07) is 11.4. The molecule has 0 unspecified atom stereocenters. The maximum atomic E-state index is 13.2. The van der Waals surface area contributed by atoms with Crippen molar-refractivity contribution in [3.8, 4) is 5.69 Å². The zero-order valence-corrected chi connectivity index (χ0v) is 15.8. The molecule has 0 aliphatic carbocycles. The molecule has 1 amide bonds. The minimum Gasteiger partial charge on any atom is -0.341 e. The molecule has 1 saturated heterocycles. The Bertz CT molecular complexity index is 1020. The summed E-state index contributed by atoms with van der Waals surface area (Å²) in [5, 5.41) is 0. The number of piperidine rings is 1. The number of hydrogen-bond donors (Lipinski definition) is 0. The summed E-state index contributed by atoms with van der Waals surface area (Å²) in [5.41, 5.74) is 2.91. The van der Waals surface area contributed by atoms with Crippen LogP contribution in [-0.4, -0.2) is 38.0 Å². The summed E-state index contributed by atoms with van der Waals surface area (Å²) in [7, 11) is 0. The number of aromatic nitrogens is 3. The average molecular weight is 364 g/mol. The number of likely N-dealkylation sites (tertiary alicyclic amines) is 1. The van der Waals surface area contributed by atoms with E-state index in [1.807, 2.05) is 42.2 Å². The Balaban J connectivity index is 1.73. The highest BCUT2D eigenvalue weighted by Gasteiger charge is 2.23. The molecule has 4 rings (SSSR count). The van der Waals surface area contributed by atoms with Gasteiger partial charge in [-0.05, 0) is 49.9 Å². The maximum Gasteiger partial charge on any atom is 0.335 e. The van der Waals surface area contributed by atoms with E-state index < -0.39 is 0 Å². The molecule has 1 aliphatic rings. The standard InChI is InChI=1S/C21H24N4O2/c1-15-5-7-17(8-6-15)25-20-18(4-3-11-22-20)24(21(25)27)14-19(26)23-12-9-16(2)10-13-23/h3-8,11,16H,9-10,12-14H2,1-2H3. The summed E-state index contributed by atoms with van der Waals surface area (Å²) < 4.78 is 3.13. The molecule has 0 N–H and O–H groups in total. The van der Waals surface area contributed by atoms with E-state index in [0.29, 0.717) is 17.1 Å². The van der Waals surface area contributed by atoms with Gasteiger partial charge in [0.05, 0.1) is 11.2 Å². The Kier molecular flexibility index (Phi) is 4.56. The SMILES string of the molecule is Cc1ccc(-n2c(=O)n(CC(=O)N3CCC(C)CC3)c3cccnc32)cc1. The zero-order valence-electron chi connectivity index (χ0n) is 15.8. The number of amides is 1. The summed E-state index contributed by atoms with van der Waals surface area (Å²) in [4.78, 5) is 32.2. The highest BCUT2D eigenvalue weighted by Crippen LogP contribution is 2.18. The average Bonchev–Trinajstić information content (AvgIpc) is 2.95. The molecule has 0 radical (unpaired) electrons. The predicted octanol–water partition coefficient (Wildman–Crippen LogP) is 2.75. The van der Waals surface area contributed by atoms with E-state index in [9.17, 15) is 9.59 Å². The summed E-state index contributed by atoms with van der Waals surface area (Å²) >= 11 is 0. The molecule has 1 aliphatic heterocycles. The number of fused-ring (bicyclic) bond motifs is 1. The molecule has 2 aromatic heterocycles. The topological polar surface area (TPSA) is 60.1 Å². The Hall–Kier alpha value is -2.89. The normalized spacial score (nSPS) is 15.4. The van der Waals surface area contributed by atoms with Gasteiger partial charge in [-0.15, -0.1) is 0 Å². The molecule has 0 atom stereocenters. The molecule has 0 bridgehead atoms. The first kappa shape index (κ1) is 17.5. The largest absolute Gasteiger partial charge is 0.341 e. The molecule has 3 heterocycles. The lowest BCUT2D eigenvalue weighted by Gasteiger charge is -2.30. The van der Waals surface area contributed by atoms with Gasteiger partial charge in [0.2, 0.25) is 5.91 Å². The van der Waals surface area contributed by atoms with Gasteiger partial charge in [0.25, 0.3) is 0 Å². The van der Waals surface area contributed by atoms with Crippen molar-refractivity contribution in [3.05, 3.63) is 58.6 Å². The second-order valence-electron chi connectivity index (χ2n) is 7.45. The van der Waals surface area contributed by atoms with E-state index in [2.05, 4.69) is 11.9 Å². The van der Waals surface area contributed by atoms with E-state index in [4.69, 9.17) is 0 Å². The van der Waals surface area contributed by atoms with E-state index in [1.165, 1.54) is 0 Å². The van der Waals surface area contributed by atoms with Crippen LogP contribution in [0.15, 0.2) is 47.4 Å². The van der Waals surface area contributed by atoms with Gasteiger partial charge >= 0.3 is 5.69 Å². The Morgan fingerprint density at radius 1 is 1.15 bits per heavy atom. The lowest BCUT2D eigenvalue weighted by atomic mass is 9.99. The number of imidazole rings is 1. The molecule has 0 saturated carbocycles. The van der Waals surface area contributed by atoms with Crippen LogP contribution in [0.3, 0.4) is 0 Å². The van der Waals surface area contributed by atoms with Gasteiger partial charge in [-0.2, -0.15) is 0 Å². The minimum atomic E-state index is -0.230. The molecule has 1 aromatic carbocycles. The Morgan fingerprint density at radius 3 is 2.56 bits per heavy atom. The van der Waals surface area contributed by atoms with Crippen LogP contribution in [0.2, 0.25) is 0 Å². The molecule has 6 heteroatoms. The molecule has 1 fully saturated rings. The first-order valence-corrected chi connectivity index (χ1v) is 9.45. The lowest BCUT2D eigenvalue weighted by molar-refractivity contribution is -0.133. The smallest absolute Gasteiger partial charge is 0.335 e. The van der Waals surface area contributed by atoms with Gasteiger partial charge in [0.1, 0.15) is 6.54 Å². The van der Waals surface area contributed by atoms with Crippen molar-refractivity contribution in [3.63, 3.8) is 0 Å². The van der Waals surface area contributed by atoms with E-state index in [0.717, 1.165) is 37.2 Å². The Labute approximate surface area is 158 Å². The van der Waals surface area contributed by atoms with Crippen LogP contribution < -0.4 is 5.69 Å². The van der Waals surface area contributed by atoms with Crippen LogP contribution in [0.1, 0.15) is 25.3 Å². The van der Waals surface area contributed by atoms with Crippen molar-refractivity contribution in [2.75, 3.05) is 13.1 Å². The van der Waals surface area contributed by atoms with Crippen LogP contribution in [0.4, 0.5) is 0 Å². The summed E-state index contributed by atoms with van der Waals surface area (Å²) in [5.74, 6) is 0.653. The monoisotopic (exact) mass is 364 g/mol. The van der Waals surface area contributed by atoms with Crippen LogP contribution in [0.25, 0.3) is 16.9 Å². The zero-order chi connectivity index (χ0) is 19.0. The van der Waals surface area contributed by atoms with E-state index in [-0.39, 0.29) is 18.1 Å².